The molecule has 19 heavy (non-hydrogen) atoms. The summed E-state index contributed by atoms with van der Waals surface area (Å²) in [6.45, 7) is 0. The first-order valence-corrected chi connectivity index (χ1v) is 5.81. The number of allylic oxidation sites excluding steroid dienone is 1. The van der Waals surface area contributed by atoms with E-state index in [2.05, 4.69) is 0 Å². The van der Waals surface area contributed by atoms with E-state index in [4.69, 9.17) is 4.74 Å². The van der Waals surface area contributed by atoms with Crippen LogP contribution in [0.1, 0.15) is 15.9 Å². The molecule has 96 valence electrons. The molecule has 0 aliphatic heterocycles. The zero-order valence-electron chi connectivity index (χ0n) is 10.5. The monoisotopic (exact) mass is 256 g/mol. The molecule has 0 N–H and O–H groups in total. The molecule has 0 saturated heterocycles. The van der Waals surface area contributed by atoms with Gasteiger partial charge in [0, 0.05) is 11.6 Å². The van der Waals surface area contributed by atoms with Crippen molar-refractivity contribution in [2.24, 2.45) is 0 Å². The van der Waals surface area contributed by atoms with E-state index in [0.29, 0.717) is 5.75 Å². The smallest absolute Gasteiger partial charge is 0.186 e. The largest absolute Gasteiger partial charge is 0.497 e. The summed E-state index contributed by atoms with van der Waals surface area (Å²) in [5.74, 6) is -0.422. The van der Waals surface area contributed by atoms with Gasteiger partial charge in [-0.2, -0.15) is 0 Å². The number of methoxy groups -OCH3 is 1. The lowest BCUT2D eigenvalue weighted by molar-refractivity contribution is 0.104. The average Bonchev–Trinajstić information content (AvgIpc) is 2.45. The SMILES string of the molecule is COc1cc(F)cc(C(=O)C=Cc2ccccc2)c1. The summed E-state index contributed by atoms with van der Waals surface area (Å²) in [4.78, 5) is 11.9. The first-order valence-electron chi connectivity index (χ1n) is 5.81. The molecule has 2 rings (SSSR count). The second kappa shape index (κ2) is 5.96. The maximum absolute atomic E-state index is 13.3. The van der Waals surface area contributed by atoms with Crippen LogP contribution in [0, 0.1) is 5.82 Å². The summed E-state index contributed by atoms with van der Waals surface area (Å²) in [5, 5.41) is 0. The minimum Gasteiger partial charge on any atom is -0.497 e. The van der Waals surface area contributed by atoms with Gasteiger partial charge in [0.1, 0.15) is 11.6 Å². The fourth-order valence-electron chi connectivity index (χ4n) is 1.66. The van der Waals surface area contributed by atoms with Crippen LogP contribution in [0.3, 0.4) is 0 Å². The first-order chi connectivity index (χ1) is 9.19. The molecule has 2 aromatic rings. The molecule has 0 bridgehead atoms. The summed E-state index contributed by atoms with van der Waals surface area (Å²) < 4.78 is 18.2. The Morgan fingerprint density at radius 1 is 1.16 bits per heavy atom. The third-order valence-electron chi connectivity index (χ3n) is 2.62. The van der Waals surface area contributed by atoms with Gasteiger partial charge in [-0.3, -0.25) is 4.79 Å². The predicted molar refractivity (Wildman–Crippen MR) is 72.8 cm³/mol. The molecule has 0 aliphatic carbocycles. The Balaban J connectivity index is 2.20. The quantitative estimate of drug-likeness (QED) is 0.615. The van der Waals surface area contributed by atoms with E-state index in [0.717, 1.165) is 5.56 Å². The van der Waals surface area contributed by atoms with Gasteiger partial charge in [0.2, 0.25) is 0 Å². The second-order valence-corrected chi connectivity index (χ2v) is 3.99. The molecule has 0 heterocycles. The molecule has 0 saturated carbocycles. The Morgan fingerprint density at radius 2 is 1.89 bits per heavy atom. The maximum Gasteiger partial charge on any atom is 0.186 e. The lowest BCUT2D eigenvalue weighted by Gasteiger charge is -2.02. The fourth-order valence-corrected chi connectivity index (χ4v) is 1.66. The van der Waals surface area contributed by atoms with Crippen molar-refractivity contribution in [3.63, 3.8) is 0 Å². The van der Waals surface area contributed by atoms with Crippen molar-refractivity contribution in [2.75, 3.05) is 7.11 Å². The van der Waals surface area contributed by atoms with Crippen molar-refractivity contribution in [3.05, 3.63) is 71.6 Å². The minimum absolute atomic E-state index is 0.262. The molecule has 0 fully saturated rings. The highest BCUT2D eigenvalue weighted by atomic mass is 19.1. The van der Waals surface area contributed by atoms with Crippen molar-refractivity contribution < 1.29 is 13.9 Å². The van der Waals surface area contributed by atoms with Gasteiger partial charge in [-0.1, -0.05) is 36.4 Å². The van der Waals surface area contributed by atoms with Crippen LogP contribution in [-0.4, -0.2) is 12.9 Å². The highest BCUT2D eigenvalue weighted by Crippen LogP contribution is 2.17. The van der Waals surface area contributed by atoms with Crippen LogP contribution < -0.4 is 4.74 Å². The molecule has 0 radical (unpaired) electrons. The Kier molecular flexibility index (Phi) is 4.08. The molecule has 0 unspecified atom stereocenters. The fraction of sp³-hybridized carbons (Fsp3) is 0.0625. The van der Waals surface area contributed by atoms with Gasteiger partial charge in [-0.15, -0.1) is 0 Å². The Hall–Kier alpha value is -2.42. The zero-order chi connectivity index (χ0) is 13.7. The van der Waals surface area contributed by atoms with Crippen LogP contribution in [0.15, 0.2) is 54.6 Å². The second-order valence-electron chi connectivity index (χ2n) is 3.99. The number of hydrogen-bond donors (Lipinski definition) is 0. The Labute approximate surface area is 111 Å². The topological polar surface area (TPSA) is 26.3 Å². The number of ether oxygens (including phenoxy) is 1. The predicted octanol–water partition coefficient (Wildman–Crippen LogP) is 3.73. The van der Waals surface area contributed by atoms with E-state index in [1.54, 1.807) is 6.08 Å². The summed E-state index contributed by atoms with van der Waals surface area (Å²) in [6, 6.07) is 13.4. The Morgan fingerprint density at radius 3 is 2.58 bits per heavy atom. The van der Waals surface area contributed by atoms with Crippen LogP contribution in [0.2, 0.25) is 0 Å². The van der Waals surface area contributed by atoms with Gasteiger partial charge >= 0.3 is 0 Å². The normalized spacial score (nSPS) is 10.6. The van der Waals surface area contributed by atoms with Crippen LogP contribution >= 0.6 is 0 Å². The van der Waals surface area contributed by atoms with Crippen LogP contribution in [0.25, 0.3) is 6.08 Å². The molecule has 0 atom stereocenters. The number of ketones is 1. The minimum atomic E-state index is -0.490. The number of rotatable bonds is 4. The summed E-state index contributed by atoms with van der Waals surface area (Å²) >= 11 is 0. The van der Waals surface area contributed by atoms with Crippen LogP contribution in [0.5, 0.6) is 5.75 Å². The molecule has 3 heteroatoms. The van der Waals surface area contributed by atoms with Crippen LogP contribution in [-0.2, 0) is 0 Å². The molecule has 0 spiro atoms. The van der Waals surface area contributed by atoms with Gasteiger partial charge < -0.3 is 4.74 Å². The van der Waals surface area contributed by atoms with Gasteiger partial charge in [0.25, 0.3) is 0 Å². The van der Waals surface area contributed by atoms with Gasteiger partial charge in [0.05, 0.1) is 7.11 Å². The zero-order valence-corrected chi connectivity index (χ0v) is 10.5. The van der Waals surface area contributed by atoms with Crippen molar-refractivity contribution in [2.45, 2.75) is 0 Å². The van der Waals surface area contributed by atoms with E-state index in [9.17, 15) is 9.18 Å². The number of hydrogen-bond acceptors (Lipinski definition) is 2. The van der Waals surface area contributed by atoms with E-state index < -0.39 is 5.82 Å². The molecule has 0 aromatic heterocycles. The van der Waals surface area contributed by atoms with Crippen molar-refractivity contribution in [3.8, 4) is 5.75 Å². The first kappa shape index (κ1) is 13.0. The third-order valence-corrected chi connectivity index (χ3v) is 2.62. The highest BCUT2D eigenvalue weighted by Gasteiger charge is 2.06. The molecule has 0 aliphatic rings. The van der Waals surface area contributed by atoms with E-state index in [-0.39, 0.29) is 11.3 Å². The average molecular weight is 256 g/mol. The molecule has 0 amide bonds. The van der Waals surface area contributed by atoms with Gasteiger partial charge in [0.15, 0.2) is 5.78 Å². The summed E-state index contributed by atoms with van der Waals surface area (Å²) in [6.07, 6.45) is 3.11. The van der Waals surface area contributed by atoms with Crippen molar-refractivity contribution in [1.82, 2.24) is 0 Å². The molecular formula is C16H13FO2. The highest BCUT2D eigenvalue weighted by molar-refractivity contribution is 6.07. The standard InChI is InChI=1S/C16H13FO2/c1-19-15-10-13(9-14(17)11-15)16(18)8-7-12-5-3-2-4-6-12/h2-11H,1H3. The molecule has 2 aromatic carbocycles. The number of halogens is 1. The summed E-state index contributed by atoms with van der Waals surface area (Å²) in [5.41, 5.74) is 1.18. The third kappa shape index (κ3) is 3.52. The summed E-state index contributed by atoms with van der Waals surface area (Å²) in [7, 11) is 1.43. The van der Waals surface area contributed by atoms with Gasteiger partial charge in [-0.25, -0.2) is 4.39 Å². The van der Waals surface area contributed by atoms with Crippen molar-refractivity contribution >= 4 is 11.9 Å². The Bertz CT molecular complexity index is 603. The maximum atomic E-state index is 13.3. The lowest BCUT2D eigenvalue weighted by atomic mass is 10.1. The molecule has 2 nitrogen and oxygen atoms in total. The van der Waals surface area contributed by atoms with E-state index in [1.165, 1.54) is 31.4 Å². The van der Waals surface area contributed by atoms with Crippen LogP contribution in [0.4, 0.5) is 4.39 Å². The molecular weight excluding hydrogens is 243 g/mol. The van der Waals surface area contributed by atoms with Gasteiger partial charge in [-0.05, 0) is 23.8 Å². The lowest BCUT2D eigenvalue weighted by Crippen LogP contribution is -1.96. The number of carbonyl (C=O) groups excluding carboxylic acids is 1. The number of carbonyl (C=O) groups is 1. The number of benzene rings is 2. The van der Waals surface area contributed by atoms with E-state index in [1.807, 2.05) is 30.3 Å². The van der Waals surface area contributed by atoms with Crippen molar-refractivity contribution in [1.29, 1.82) is 0 Å². The van der Waals surface area contributed by atoms with E-state index >= 15 is 0 Å².